The van der Waals surface area contributed by atoms with E-state index in [1.807, 2.05) is 18.8 Å². The Kier molecular flexibility index (Phi) is 10.0. The molecule has 0 aliphatic heterocycles. The Labute approximate surface area is 86.6 Å². The number of nitrogens with zero attached hydrogens (tertiary/aromatic N) is 1. The topological polar surface area (TPSA) is 24.4 Å². The third-order valence-corrected chi connectivity index (χ3v) is 3.25. The van der Waals surface area contributed by atoms with Gasteiger partial charge in [0.15, 0.2) is 0 Å². The van der Waals surface area contributed by atoms with Crippen molar-refractivity contribution < 1.29 is 0 Å². The van der Waals surface area contributed by atoms with E-state index in [1.165, 1.54) is 31.4 Å². The molecule has 0 fully saturated rings. The quantitative estimate of drug-likeness (QED) is 0.353. The van der Waals surface area contributed by atoms with Gasteiger partial charge in [-0.25, -0.2) is 0 Å². The molecule has 0 aliphatic carbocycles. The number of hydrogen-bond donors (Lipinski definition) is 1. The highest BCUT2D eigenvalue weighted by Gasteiger charge is 2.03. The maximum Gasteiger partial charge on any atom is 0.0727 e. The van der Waals surface area contributed by atoms with Crippen LogP contribution in [0.2, 0.25) is 0 Å². The molecule has 0 spiro atoms. The molecular formula is C10H22N2S. The molecule has 0 bridgehead atoms. The van der Waals surface area contributed by atoms with Crippen molar-refractivity contribution in [3.63, 3.8) is 0 Å². The van der Waals surface area contributed by atoms with Crippen LogP contribution in [-0.4, -0.2) is 31.4 Å². The fraction of sp³-hybridized carbons (Fsp3) is 0.900. The predicted molar refractivity (Wildman–Crippen MR) is 63.9 cm³/mol. The molecule has 78 valence electrons. The highest BCUT2D eigenvalue weighted by molar-refractivity contribution is 7.99. The van der Waals surface area contributed by atoms with Gasteiger partial charge < -0.3 is 5.32 Å². The fourth-order valence-corrected chi connectivity index (χ4v) is 2.13. The Morgan fingerprint density at radius 2 is 2.15 bits per heavy atom. The van der Waals surface area contributed by atoms with E-state index in [0.717, 1.165) is 6.54 Å². The lowest BCUT2D eigenvalue weighted by atomic mass is 10.2. The van der Waals surface area contributed by atoms with Crippen LogP contribution in [0, 0.1) is 0 Å². The number of aliphatic imine (C=N–C) groups is 1. The van der Waals surface area contributed by atoms with Crippen molar-refractivity contribution in [3.05, 3.63) is 0 Å². The van der Waals surface area contributed by atoms with Crippen LogP contribution in [0.3, 0.4) is 0 Å². The van der Waals surface area contributed by atoms with Crippen LogP contribution in [0.4, 0.5) is 0 Å². The molecule has 0 aliphatic rings. The first kappa shape index (κ1) is 13.0. The van der Waals surface area contributed by atoms with Crippen LogP contribution in [0.5, 0.6) is 0 Å². The van der Waals surface area contributed by atoms with Gasteiger partial charge in [-0.2, -0.15) is 0 Å². The summed E-state index contributed by atoms with van der Waals surface area (Å²) in [6.45, 7) is 6.56. The Bertz CT molecular complexity index is 117. The monoisotopic (exact) mass is 202 g/mol. The molecule has 0 aromatic carbocycles. The minimum atomic E-state index is 0.458. The van der Waals surface area contributed by atoms with E-state index in [9.17, 15) is 0 Å². The first-order chi connectivity index (χ1) is 6.35. The van der Waals surface area contributed by atoms with Crippen LogP contribution < -0.4 is 5.32 Å². The molecule has 0 saturated carbocycles. The maximum atomic E-state index is 3.89. The number of unbranched alkanes of at least 4 members (excludes halogenated alkanes) is 3. The van der Waals surface area contributed by atoms with Crippen molar-refractivity contribution >= 4 is 18.5 Å². The molecule has 1 atom stereocenters. The van der Waals surface area contributed by atoms with E-state index in [2.05, 4.69) is 24.0 Å². The van der Waals surface area contributed by atoms with Gasteiger partial charge in [0.2, 0.25) is 0 Å². The van der Waals surface area contributed by atoms with Crippen molar-refractivity contribution in [1.82, 2.24) is 5.32 Å². The Morgan fingerprint density at radius 1 is 1.38 bits per heavy atom. The highest BCUT2D eigenvalue weighted by atomic mass is 32.2. The molecule has 0 rings (SSSR count). The summed E-state index contributed by atoms with van der Waals surface area (Å²) >= 11 is 1.95. The molecule has 0 aromatic rings. The standard InChI is InChI=1S/C10H22N2S/c1-4-5-6-7-8-13-10(12-3)9-11-2/h10,12H,2,4-9H2,1,3H3. The lowest BCUT2D eigenvalue weighted by molar-refractivity contribution is 0.701. The predicted octanol–water partition coefficient (Wildman–Crippen LogP) is 2.55. The zero-order valence-electron chi connectivity index (χ0n) is 8.88. The van der Waals surface area contributed by atoms with Crippen LogP contribution in [0.15, 0.2) is 4.99 Å². The second-order valence-corrected chi connectivity index (χ2v) is 4.43. The minimum absolute atomic E-state index is 0.458. The number of hydrogen-bond acceptors (Lipinski definition) is 3. The van der Waals surface area contributed by atoms with Crippen LogP contribution in [0.1, 0.15) is 32.6 Å². The largest absolute Gasteiger partial charge is 0.307 e. The maximum absolute atomic E-state index is 3.89. The summed E-state index contributed by atoms with van der Waals surface area (Å²) in [7, 11) is 1.98. The van der Waals surface area contributed by atoms with Crippen LogP contribution in [-0.2, 0) is 0 Å². The smallest absolute Gasteiger partial charge is 0.0727 e. The van der Waals surface area contributed by atoms with Crippen molar-refractivity contribution in [2.45, 2.75) is 38.0 Å². The Morgan fingerprint density at radius 3 is 2.69 bits per heavy atom. The SMILES string of the molecule is C=NCC(NC)SCCCCCC. The molecule has 0 aromatic heterocycles. The van der Waals surface area contributed by atoms with Crippen molar-refractivity contribution in [1.29, 1.82) is 0 Å². The molecule has 0 heterocycles. The minimum Gasteiger partial charge on any atom is -0.307 e. The Hall–Kier alpha value is -0.0200. The van der Waals surface area contributed by atoms with Crippen molar-refractivity contribution in [2.75, 3.05) is 19.3 Å². The normalized spacial score (nSPS) is 12.8. The number of nitrogens with one attached hydrogen (secondary N) is 1. The third-order valence-electron chi connectivity index (χ3n) is 1.93. The summed E-state index contributed by atoms with van der Waals surface area (Å²) < 4.78 is 0. The van der Waals surface area contributed by atoms with E-state index in [0.29, 0.717) is 5.37 Å². The van der Waals surface area contributed by atoms with Gasteiger partial charge in [-0.05, 0) is 25.9 Å². The summed E-state index contributed by atoms with van der Waals surface area (Å²) in [5.41, 5.74) is 0. The number of thioether (sulfide) groups is 1. The number of likely N-dealkylation sites (N-methyl/N-ethyl adjacent to an activating group) is 1. The fourth-order valence-electron chi connectivity index (χ4n) is 1.10. The van der Waals surface area contributed by atoms with E-state index < -0.39 is 0 Å². The van der Waals surface area contributed by atoms with Crippen molar-refractivity contribution in [2.24, 2.45) is 4.99 Å². The summed E-state index contributed by atoms with van der Waals surface area (Å²) in [4.78, 5) is 3.89. The van der Waals surface area contributed by atoms with Gasteiger partial charge in [0.25, 0.3) is 0 Å². The first-order valence-electron chi connectivity index (χ1n) is 5.06. The second kappa shape index (κ2) is 10.1. The summed E-state index contributed by atoms with van der Waals surface area (Å²) in [5, 5.41) is 3.68. The van der Waals surface area contributed by atoms with Gasteiger partial charge in [0.05, 0.1) is 11.9 Å². The average Bonchev–Trinajstić information content (AvgIpc) is 2.16. The molecule has 13 heavy (non-hydrogen) atoms. The molecule has 1 N–H and O–H groups in total. The van der Waals surface area contributed by atoms with Gasteiger partial charge in [-0.15, -0.1) is 11.8 Å². The molecule has 1 unspecified atom stereocenters. The van der Waals surface area contributed by atoms with Crippen LogP contribution in [0.25, 0.3) is 0 Å². The van der Waals surface area contributed by atoms with E-state index in [4.69, 9.17) is 0 Å². The molecule has 0 saturated heterocycles. The summed E-state index contributed by atoms with van der Waals surface area (Å²) in [6, 6.07) is 0. The van der Waals surface area contributed by atoms with E-state index in [1.54, 1.807) is 0 Å². The first-order valence-corrected chi connectivity index (χ1v) is 6.11. The second-order valence-electron chi connectivity index (χ2n) is 3.11. The van der Waals surface area contributed by atoms with E-state index >= 15 is 0 Å². The molecule has 0 amide bonds. The van der Waals surface area contributed by atoms with Gasteiger partial charge in [-0.1, -0.05) is 26.2 Å². The van der Waals surface area contributed by atoms with Gasteiger partial charge >= 0.3 is 0 Å². The molecule has 2 nitrogen and oxygen atoms in total. The van der Waals surface area contributed by atoms with Gasteiger partial charge in [0, 0.05) is 0 Å². The zero-order valence-corrected chi connectivity index (χ0v) is 9.70. The van der Waals surface area contributed by atoms with Gasteiger partial charge in [0.1, 0.15) is 0 Å². The average molecular weight is 202 g/mol. The third kappa shape index (κ3) is 8.31. The van der Waals surface area contributed by atoms with Crippen molar-refractivity contribution in [3.8, 4) is 0 Å². The molecular weight excluding hydrogens is 180 g/mol. The Balaban J connectivity index is 3.22. The summed E-state index contributed by atoms with van der Waals surface area (Å²) in [6.07, 6.45) is 5.37. The number of rotatable bonds is 9. The van der Waals surface area contributed by atoms with Crippen LogP contribution >= 0.6 is 11.8 Å². The van der Waals surface area contributed by atoms with E-state index in [-0.39, 0.29) is 0 Å². The lowest BCUT2D eigenvalue weighted by Crippen LogP contribution is -2.24. The zero-order chi connectivity index (χ0) is 9.94. The highest BCUT2D eigenvalue weighted by Crippen LogP contribution is 2.12. The molecule has 3 heteroatoms. The molecule has 0 radical (unpaired) electrons. The van der Waals surface area contributed by atoms with Gasteiger partial charge in [-0.3, -0.25) is 4.99 Å². The lowest BCUT2D eigenvalue weighted by Gasteiger charge is -2.12. The summed E-state index contributed by atoms with van der Waals surface area (Å²) in [5.74, 6) is 1.24.